The minimum atomic E-state index is -2.41. The van der Waals surface area contributed by atoms with E-state index in [2.05, 4.69) is 26.2 Å². The molecule has 1 fully saturated rings. The van der Waals surface area contributed by atoms with Crippen LogP contribution >= 0.6 is 15.9 Å². The summed E-state index contributed by atoms with van der Waals surface area (Å²) in [6.07, 6.45) is 4.16. The number of alkyl halides is 2. The highest BCUT2D eigenvalue weighted by atomic mass is 79.9. The maximum Gasteiger partial charge on any atom is 0.248 e. The second-order valence-electron chi connectivity index (χ2n) is 5.22. The molecule has 19 heavy (non-hydrogen) atoms. The van der Waals surface area contributed by atoms with Gasteiger partial charge in [-0.25, -0.2) is 13.8 Å². The molecule has 0 radical (unpaired) electrons. The van der Waals surface area contributed by atoms with Gasteiger partial charge in [0.15, 0.2) is 0 Å². The van der Waals surface area contributed by atoms with Crippen LogP contribution in [0.15, 0.2) is 22.9 Å². The summed E-state index contributed by atoms with van der Waals surface area (Å²) in [5, 5.41) is 3.35. The number of halogens is 3. The van der Waals surface area contributed by atoms with Gasteiger partial charge < -0.3 is 5.32 Å². The van der Waals surface area contributed by atoms with Gasteiger partial charge in [-0.2, -0.15) is 0 Å². The third-order valence-electron chi connectivity index (χ3n) is 3.72. The Labute approximate surface area is 121 Å². The summed E-state index contributed by atoms with van der Waals surface area (Å²) in [5.41, 5.74) is 1.12. The van der Waals surface area contributed by atoms with E-state index in [-0.39, 0.29) is 12.8 Å². The molecule has 1 saturated carbocycles. The summed E-state index contributed by atoms with van der Waals surface area (Å²) in [7, 11) is 0. The zero-order valence-electron chi connectivity index (χ0n) is 10.8. The molecule has 1 aromatic rings. The Bertz CT molecular complexity index is 402. The molecular formula is C14H19BrF2N2. The van der Waals surface area contributed by atoms with Crippen molar-refractivity contribution in [3.05, 3.63) is 28.5 Å². The van der Waals surface area contributed by atoms with Gasteiger partial charge >= 0.3 is 0 Å². The first-order chi connectivity index (χ1) is 9.07. The third kappa shape index (κ3) is 4.80. The molecule has 106 valence electrons. The smallest absolute Gasteiger partial charge is 0.248 e. The quantitative estimate of drug-likeness (QED) is 0.647. The molecule has 1 aliphatic carbocycles. The first-order valence-corrected chi connectivity index (χ1v) is 7.54. The molecule has 0 aliphatic heterocycles. The van der Waals surface area contributed by atoms with E-state index in [1.807, 2.05) is 12.1 Å². The van der Waals surface area contributed by atoms with E-state index in [1.54, 1.807) is 6.20 Å². The summed E-state index contributed by atoms with van der Waals surface area (Å²) in [6.45, 7) is 1.63. The number of rotatable bonds is 5. The second kappa shape index (κ2) is 6.75. The van der Waals surface area contributed by atoms with Crippen LogP contribution in [0.4, 0.5) is 8.78 Å². The lowest BCUT2D eigenvalue weighted by atomic mass is 9.85. The molecular weight excluding hydrogens is 314 g/mol. The molecule has 0 saturated heterocycles. The van der Waals surface area contributed by atoms with E-state index in [9.17, 15) is 8.78 Å². The fourth-order valence-electron chi connectivity index (χ4n) is 2.47. The van der Waals surface area contributed by atoms with Gasteiger partial charge in [-0.3, -0.25) is 0 Å². The first-order valence-electron chi connectivity index (χ1n) is 6.75. The van der Waals surface area contributed by atoms with E-state index in [0.717, 1.165) is 29.7 Å². The van der Waals surface area contributed by atoms with E-state index in [1.165, 1.54) is 0 Å². The molecule has 0 amide bonds. The number of pyridine rings is 1. The first kappa shape index (κ1) is 14.9. The van der Waals surface area contributed by atoms with Gasteiger partial charge in [-0.1, -0.05) is 6.07 Å². The average molecular weight is 333 g/mol. The lowest BCUT2D eigenvalue weighted by molar-refractivity contribution is -0.0464. The molecule has 0 bridgehead atoms. The predicted molar refractivity (Wildman–Crippen MR) is 75.2 cm³/mol. The SMILES string of the molecule is FC1(F)CCC(CCNCc2cccnc2Br)CC1. The Balaban J connectivity index is 1.64. The van der Waals surface area contributed by atoms with Crippen molar-refractivity contribution in [1.29, 1.82) is 0 Å². The van der Waals surface area contributed by atoms with Gasteiger partial charge in [0.1, 0.15) is 4.60 Å². The lowest BCUT2D eigenvalue weighted by Crippen LogP contribution is -2.26. The summed E-state index contributed by atoms with van der Waals surface area (Å²) < 4.78 is 26.9. The fraction of sp³-hybridized carbons (Fsp3) is 0.643. The summed E-state index contributed by atoms with van der Waals surface area (Å²) in [5.74, 6) is -1.96. The largest absolute Gasteiger partial charge is 0.313 e. The van der Waals surface area contributed by atoms with Gasteiger partial charge in [0.05, 0.1) is 0 Å². The number of hydrogen-bond acceptors (Lipinski definition) is 2. The third-order valence-corrected chi connectivity index (χ3v) is 4.43. The van der Waals surface area contributed by atoms with Crippen molar-refractivity contribution in [3.63, 3.8) is 0 Å². The lowest BCUT2D eigenvalue weighted by Gasteiger charge is -2.28. The summed E-state index contributed by atoms with van der Waals surface area (Å²) in [4.78, 5) is 4.16. The van der Waals surface area contributed by atoms with Crippen LogP contribution in [0.5, 0.6) is 0 Å². The van der Waals surface area contributed by atoms with Crippen molar-refractivity contribution < 1.29 is 8.78 Å². The van der Waals surface area contributed by atoms with Crippen LogP contribution in [-0.4, -0.2) is 17.5 Å². The van der Waals surface area contributed by atoms with Crippen molar-refractivity contribution in [2.75, 3.05) is 6.54 Å². The molecule has 5 heteroatoms. The van der Waals surface area contributed by atoms with E-state index in [0.29, 0.717) is 18.8 Å². The van der Waals surface area contributed by atoms with Gasteiger partial charge in [0.25, 0.3) is 0 Å². The Morgan fingerprint density at radius 2 is 2.11 bits per heavy atom. The van der Waals surface area contributed by atoms with E-state index >= 15 is 0 Å². The Morgan fingerprint density at radius 1 is 1.37 bits per heavy atom. The summed E-state index contributed by atoms with van der Waals surface area (Å²) in [6, 6.07) is 3.93. The number of hydrogen-bond donors (Lipinski definition) is 1. The highest BCUT2D eigenvalue weighted by Gasteiger charge is 2.34. The van der Waals surface area contributed by atoms with Gasteiger partial charge in [0.2, 0.25) is 5.92 Å². The topological polar surface area (TPSA) is 24.9 Å². The minimum absolute atomic E-state index is 0.0613. The predicted octanol–water partition coefficient (Wildman–Crippen LogP) is 4.15. The van der Waals surface area contributed by atoms with Crippen LogP contribution in [0.1, 0.15) is 37.7 Å². The maximum atomic E-state index is 13.0. The van der Waals surface area contributed by atoms with Crippen LogP contribution < -0.4 is 5.32 Å². The zero-order chi connectivity index (χ0) is 13.7. The Morgan fingerprint density at radius 3 is 2.79 bits per heavy atom. The van der Waals surface area contributed by atoms with Crippen LogP contribution in [0, 0.1) is 5.92 Å². The summed E-state index contributed by atoms with van der Waals surface area (Å²) >= 11 is 3.40. The molecule has 0 aromatic carbocycles. The molecule has 1 aliphatic rings. The molecule has 2 nitrogen and oxygen atoms in total. The van der Waals surface area contributed by atoms with Crippen molar-refractivity contribution in [3.8, 4) is 0 Å². The fourth-order valence-corrected chi connectivity index (χ4v) is 2.86. The number of nitrogens with one attached hydrogen (secondary N) is 1. The number of aromatic nitrogens is 1. The molecule has 1 N–H and O–H groups in total. The Kier molecular flexibility index (Phi) is 5.28. The standard InChI is InChI=1S/C14H19BrF2N2/c15-13-12(2-1-8-19-13)10-18-9-5-11-3-6-14(16,17)7-4-11/h1-2,8,11,18H,3-7,9-10H2. The van der Waals surface area contributed by atoms with E-state index < -0.39 is 5.92 Å². The van der Waals surface area contributed by atoms with Crippen molar-refractivity contribution in [1.82, 2.24) is 10.3 Å². The Hall–Kier alpha value is -0.550. The van der Waals surface area contributed by atoms with Crippen LogP contribution in [0.25, 0.3) is 0 Å². The molecule has 0 spiro atoms. The highest BCUT2D eigenvalue weighted by molar-refractivity contribution is 9.10. The molecule has 0 atom stereocenters. The van der Waals surface area contributed by atoms with Crippen LogP contribution in [-0.2, 0) is 6.54 Å². The van der Waals surface area contributed by atoms with Crippen molar-refractivity contribution in [2.24, 2.45) is 5.92 Å². The highest BCUT2D eigenvalue weighted by Crippen LogP contribution is 2.37. The molecule has 1 heterocycles. The van der Waals surface area contributed by atoms with Gasteiger partial charge in [-0.15, -0.1) is 0 Å². The van der Waals surface area contributed by atoms with Crippen LogP contribution in [0.2, 0.25) is 0 Å². The monoisotopic (exact) mass is 332 g/mol. The van der Waals surface area contributed by atoms with Crippen LogP contribution in [0.3, 0.4) is 0 Å². The van der Waals surface area contributed by atoms with Gasteiger partial charge in [0, 0.05) is 25.6 Å². The maximum absolute atomic E-state index is 13.0. The number of nitrogens with zero attached hydrogens (tertiary/aromatic N) is 1. The normalized spacial score (nSPS) is 19.5. The minimum Gasteiger partial charge on any atom is -0.313 e. The van der Waals surface area contributed by atoms with Crippen molar-refractivity contribution >= 4 is 15.9 Å². The average Bonchev–Trinajstić information content (AvgIpc) is 2.38. The molecule has 2 rings (SSSR count). The zero-order valence-corrected chi connectivity index (χ0v) is 12.4. The molecule has 0 unspecified atom stereocenters. The van der Waals surface area contributed by atoms with Gasteiger partial charge in [-0.05, 0) is 59.3 Å². The van der Waals surface area contributed by atoms with Crippen molar-refractivity contribution in [2.45, 2.75) is 44.6 Å². The molecule has 1 aromatic heterocycles. The van der Waals surface area contributed by atoms with E-state index in [4.69, 9.17) is 0 Å². The second-order valence-corrected chi connectivity index (χ2v) is 5.97.